The van der Waals surface area contributed by atoms with Gasteiger partial charge in [-0.3, -0.25) is 19.7 Å². The molecule has 30 heavy (non-hydrogen) atoms. The minimum Gasteiger partial charge on any atom is -0.359 e. The first-order chi connectivity index (χ1) is 14.7. The number of hydrogen-bond acceptors (Lipinski definition) is 4. The summed E-state index contributed by atoms with van der Waals surface area (Å²) in [6.45, 7) is 2.59. The molecule has 0 unspecified atom stereocenters. The Morgan fingerprint density at radius 3 is 2.67 bits per heavy atom. The van der Waals surface area contributed by atoms with Crippen LogP contribution in [0, 0.1) is 5.41 Å². The molecule has 3 heterocycles. The highest BCUT2D eigenvalue weighted by Crippen LogP contribution is 2.37. The van der Waals surface area contributed by atoms with Crippen LogP contribution in [0.2, 0.25) is 0 Å². The lowest BCUT2D eigenvalue weighted by molar-refractivity contribution is -0.134. The predicted molar refractivity (Wildman–Crippen MR) is 119 cm³/mol. The van der Waals surface area contributed by atoms with Gasteiger partial charge < -0.3 is 5.32 Å². The van der Waals surface area contributed by atoms with Gasteiger partial charge in [0.05, 0.1) is 5.41 Å². The molecular weight excluding hydrogens is 372 g/mol. The summed E-state index contributed by atoms with van der Waals surface area (Å²) in [5, 5.41) is 2.95. The molecule has 5 heteroatoms. The Morgan fingerprint density at radius 1 is 1.07 bits per heavy atom. The zero-order chi connectivity index (χ0) is 20.8. The number of nitrogens with one attached hydrogen (secondary N) is 1. The second kappa shape index (κ2) is 9.18. The lowest BCUT2D eigenvalue weighted by atomic mass is 9.73. The summed E-state index contributed by atoms with van der Waals surface area (Å²) >= 11 is 0. The van der Waals surface area contributed by atoms with Crippen LogP contribution in [-0.4, -0.2) is 40.9 Å². The topological polar surface area (TPSA) is 58.1 Å². The fourth-order valence-corrected chi connectivity index (χ4v) is 4.63. The molecule has 0 aliphatic carbocycles. The summed E-state index contributed by atoms with van der Waals surface area (Å²) in [5.74, 6) is 0.128. The smallest absolute Gasteiger partial charge is 0.227 e. The molecule has 0 bridgehead atoms. The van der Waals surface area contributed by atoms with Gasteiger partial charge in [0.15, 0.2) is 0 Å². The number of nitrogens with zero attached hydrogens (tertiary/aromatic N) is 3. The fourth-order valence-electron chi connectivity index (χ4n) is 4.63. The van der Waals surface area contributed by atoms with Crippen molar-refractivity contribution in [2.75, 3.05) is 20.1 Å². The number of carbonyl (C=O) groups is 1. The van der Waals surface area contributed by atoms with Crippen LogP contribution >= 0.6 is 0 Å². The molecule has 1 aromatic carbocycles. The number of aromatic nitrogens is 2. The van der Waals surface area contributed by atoms with Crippen LogP contribution in [0.15, 0.2) is 73.3 Å². The first-order valence-electron chi connectivity index (χ1n) is 10.5. The number of hydrogen-bond donors (Lipinski definition) is 1. The summed E-state index contributed by atoms with van der Waals surface area (Å²) < 4.78 is 0. The van der Waals surface area contributed by atoms with Crippen molar-refractivity contribution >= 4 is 5.91 Å². The van der Waals surface area contributed by atoms with Crippen molar-refractivity contribution in [3.05, 3.63) is 84.4 Å². The number of rotatable bonds is 6. The monoisotopic (exact) mass is 400 g/mol. The third-order valence-corrected chi connectivity index (χ3v) is 6.04. The van der Waals surface area contributed by atoms with Gasteiger partial charge in [-0.25, -0.2) is 0 Å². The molecule has 154 valence electrons. The van der Waals surface area contributed by atoms with E-state index >= 15 is 0 Å². The summed E-state index contributed by atoms with van der Waals surface area (Å²) in [4.78, 5) is 24.0. The van der Waals surface area contributed by atoms with E-state index in [-0.39, 0.29) is 5.91 Å². The van der Waals surface area contributed by atoms with Gasteiger partial charge in [0.2, 0.25) is 5.91 Å². The van der Waals surface area contributed by atoms with Gasteiger partial charge in [-0.05, 0) is 60.7 Å². The summed E-state index contributed by atoms with van der Waals surface area (Å²) in [7, 11) is 1.75. The second-order valence-corrected chi connectivity index (χ2v) is 8.10. The highest BCUT2D eigenvalue weighted by Gasteiger charge is 2.42. The molecule has 0 saturated carbocycles. The van der Waals surface area contributed by atoms with E-state index in [1.807, 2.05) is 36.8 Å². The van der Waals surface area contributed by atoms with E-state index in [9.17, 15) is 4.79 Å². The minimum atomic E-state index is -0.446. The van der Waals surface area contributed by atoms with E-state index in [4.69, 9.17) is 0 Å². The van der Waals surface area contributed by atoms with Gasteiger partial charge in [0.1, 0.15) is 0 Å². The van der Waals surface area contributed by atoms with E-state index < -0.39 is 5.41 Å². The molecule has 1 aliphatic rings. The molecule has 3 aromatic rings. The van der Waals surface area contributed by atoms with Crippen LogP contribution in [0.3, 0.4) is 0 Å². The van der Waals surface area contributed by atoms with Crippen LogP contribution in [-0.2, 0) is 17.8 Å². The van der Waals surface area contributed by atoms with Crippen molar-refractivity contribution < 1.29 is 4.79 Å². The van der Waals surface area contributed by atoms with Crippen molar-refractivity contribution in [1.29, 1.82) is 0 Å². The third-order valence-electron chi connectivity index (χ3n) is 6.04. The van der Waals surface area contributed by atoms with Gasteiger partial charge in [0.25, 0.3) is 0 Å². The zero-order valence-corrected chi connectivity index (χ0v) is 17.4. The molecule has 0 radical (unpaired) electrons. The lowest BCUT2D eigenvalue weighted by Gasteiger charge is -2.42. The van der Waals surface area contributed by atoms with Crippen molar-refractivity contribution in [1.82, 2.24) is 20.2 Å². The molecule has 1 N–H and O–H groups in total. The van der Waals surface area contributed by atoms with E-state index in [0.29, 0.717) is 6.42 Å². The van der Waals surface area contributed by atoms with Crippen LogP contribution in [0.25, 0.3) is 11.1 Å². The standard InChI is InChI=1S/C25H28N4O/c1-26-24(30)25(11-5-15-29(19-25)18-20-9-13-27-14-10-20)16-21-6-2-3-8-23(21)22-7-4-12-28-17-22/h2-4,6-10,12-14,17H,5,11,15-16,18-19H2,1H3,(H,26,30)/t25-/m1/s1. The maximum absolute atomic E-state index is 13.2. The van der Waals surface area contributed by atoms with E-state index in [1.165, 1.54) is 11.1 Å². The Bertz CT molecular complexity index is 977. The average molecular weight is 401 g/mol. The number of piperidine rings is 1. The quantitative estimate of drug-likeness (QED) is 0.685. The van der Waals surface area contributed by atoms with Gasteiger partial charge >= 0.3 is 0 Å². The molecule has 1 fully saturated rings. The summed E-state index contributed by atoms with van der Waals surface area (Å²) in [6, 6.07) is 16.5. The molecule has 1 amide bonds. The molecule has 1 aliphatic heterocycles. The summed E-state index contributed by atoms with van der Waals surface area (Å²) in [6.07, 6.45) is 9.95. The first-order valence-corrected chi connectivity index (χ1v) is 10.5. The molecule has 4 rings (SSSR count). The Balaban J connectivity index is 1.63. The van der Waals surface area contributed by atoms with Gasteiger partial charge in [-0.2, -0.15) is 0 Å². The molecule has 1 atom stereocenters. The number of carbonyl (C=O) groups excluding carboxylic acids is 1. The van der Waals surface area contributed by atoms with E-state index in [1.54, 1.807) is 13.2 Å². The Morgan fingerprint density at radius 2 is 1.90 bits per heavy atom. The first kappa shape index (κ1) is 20.2. The van der Waals surface area contributed by atoms with Crippen molar-refractivity contribution in [2.24, 2.45) is 5.41 Å². The highest BCUT2D eigenvalue weighted by atomic mass is 16.2. The Kier molecular flexibility index (Phi) is 6.19. The average Bonchev–Trinajstić information content (AvgIpc) is 2.80. The number of amides is 1. The zero-order valence-electron chi connectivity index (χ0n) is 17.4. The van der Waals surface area contributed by atoms with Crippen molar-refractivity contribution in [2.45, 2.75) is 25.8 Å². The molecule has 5 nitrogen and oxygen atoms in total. The van der Waals surface area contributed by atoms with Crippen molar-refractivity contribution in [3.63, 3.8) is 0 Å². The number of pyridine rings is 2. The van der Waals surface area contributed by atoms with E-state index in [2.05, 4.69) is 50.5 Å². The predicted octanol–water partition coefficient (Wildman–Crippen LogP) is 3.71. The SMILES string of the molecule is CNC(=O)[C@@]1(Cc2ccccc2-c2cccnc2)CCCN(Cc2ccncc2)C1. The van der Waals surface area contributed by atoms with Gasteiger partial charge in [0, 0.05) is 50.5 Å². The van der Waals surface area contributed by atoms with Gasteiger partial charge in [-0.1, -0.05) is 30.3 Å². The largest absolute Gasteiger partial charge is 0.359 e. The number of benzene rings is 1. The van der Waals surface area contributed by atoms with Crippen LogP contribution in [0.5, 0.6) is 0 Å². The maximum atomic E-state index is 13.2. The summed E-state index contributed by atoms with van der Waals surface area (Å²) in [5.41, 5.74) is 4.22. The third kappa shape index (κ3) is 4.41. The normalized spacial score (nSPS) is 19.4. The second-order valence-electron chi connectivity index (χ2n) is 8.10. The maximum Gasteiger partial charge on any atom is 0.227 e. The number of likely N-dealkylation sites (tertiary alicyclic amines) is 1. The lowest BCUT2D eigenvalue weighted by Crippen LogP contribution is -2.52. The fraction of sp³-hybridized carbons (Fsp3) is 0.320. The van der Waals surface area contributed by atoms with E-state index in [0.717, 1.165) is 43.6 Å². The molecule has 0 spiro atoms. The molecule has 1 saturated heterocycles. The van der Waals surface area contributed by atoms with Crippen LogP contribution < -0.4 is 5.32 Å². The van der Waals surface area contributed by atoms with Gasteiger partial charge in [-0.15, -0.1) is 0 Å². The Labute approximate surface area is 178 Å². The van der Waals surface area contributed by atoms with Crippen LogP contribution in [0.4, 0.5) is 0 Å². The molecule has 2 aromatic heterocycles. The van der Waals surface area contributed by atoms with Crippen molar-refractivity contribution in [3.8, 4) is 11.1 Å². The van der Waals surface area contributed by atoms with Crippen LogP contribution in [0.1, 0.15) is 24.0 Å². The molecular formula is C25H28N4O. The Hall–Kier alpha value is -3.05. The minimum absolute atomic E-state index is 0.128. The highest BCUT2D eigenvalue weighted by molar-refractivity contribution is 5.83.